The van der Waals surface area contributed by atoms with Gasteiger partial charge >= 0.3 is 130 Å². The molecule has 0 saturated heterocycles. The van der Waals surface area contributed by atoms with Gasteiger partial charge in [-0.05, 0) is 83.6 Å². The van der Waals surface area contributed by atoms with Crippen molar-refractivity contribution in [3.8, 4) is 11.5 Å². The van der Waals surface area contributed by atoms with Gasteiger partial charge in [-0.3, -0.25) is 29.3 Å². The fourth-order valence-electron chi connectivity index (χ4n) is 5.17. The van der Waals surface area contributed by atoms with Gasteiger partial charge in [0.15, 0.2) is 0 Å². The number of amides is 2. The fraction of sp³-hybridized carbons (Fsp3) is 0.0625. The van der Waals surface area contributed by atoms with E-state index >= 15 is 0 Å². The van der Waals surface area contributed by atoms with Gasteiger partial charge in [0, 0.05) is 45.5 Å². The Hall–Kier alpha value is -1.22. The number of carbonyl (C=O) groups excluding carboxylic acids is 4. The minimum atomic E-state index is -5.24. The van der Waals surface area contributed by atoms with Gasteiger partial charge in [0.05, 0.1) is 45.3 Å². The molecule has 0 aliphatic heterocycles. The molecule has 0 bridgehead atoms. The SMILES string of the molecule is CC(=O)Oc1cc(SOO[O-])cc2cc(SOO[O-])cc(NC(=O)c3ccc(C(=O)Nc4cc(S(=O)(=O)[O-])cc5cc(S(=O)(=O)[O-])cc(OC(C)=O)c45)cc3)c12.[Na+].[Na+].[Na+].[Na+]. The molecule has 0 aliphatic rings. The van der Waals surface area contributed by atoms with Crippen LogP contribution < -0.4 is 149 Å². The molecule has 294 valence electrons. The normalized spacial score (nSPS) is 10.9. The molecule has 0 aliphatic carbocycles. The van der Waals surface area contributed by atoms with Crippen molar-refractivity contribution in [3.63, 3.8) is 0 Å². The average Bonchev–Trinajstić information content (AvgIpc) is 3.11. The molecule has 0 spiro atoms. The van der Waals surface area contributed by atoms with Crippen LogP contribution in [0.3, 0.4) is 0 Å². The maximum absolute atomic E-state index is 13.5. The Kier molecular flexibility index (Phi) is 23.4. The van der Waals surface area contributed by atoms with E-state index < -0.39 is 65.2 Å². The van der Waals surface area contributed by atoms with Crippen LogP contribution in [0.25, 0.3) is 21.5 Å². The summed E-state index contributed by atoms with van der Waals surface area (Å²) in [4.78, 5) is 49.3. The molecule has 0 heterocycles. The molecule has 0 saturated carbocycles. The van der Waals surface area contributed by atoms with Crippen molar-refractivity contribution in [1.82, 2.24) is 0 Å². The molecule has 60 heavy (non-hydrogen) atoms. The van der Waals surface area contributed by atoms with Gasteiger partial charge in [0.25, 0.3) is 11.8 Å². The van der Waals surface area contributed by atoms with Crippen molar-refractivity contribution < 1.29 is 202 Å². The number of esters is 2. The predicted molar refractivity (Wildman–Crippen MR) is 185 cm³/mol. The molecule has 2 amide bonds. The number of anilines is 2. The molecule has 5 aromatic rings. The van der Waals surface area contributed by atoms with Crippen LogP contribution in [0, 0.1) is 0 Å². The van der Waals surface area contributed by atoms with Crippen LogP contribution in [0.2, 0.25) is 0 Å². The summed E-state index contributed by atoms with van der Waals surface area (Å²) >= 11 is 0.937. The van der Waals surface area contributed by atoms with Crippen molar-refractivity contribution in [2.75, 3.05) is 10.6 Å². The van der Waals surface area contributed by atoms with Crippen LogP contribution >= 0.6 is 24.1 Å². The zero-order chi connectivity index (χ0) is 40.9. The molecular weight excluding hydrogens is 921 g/mol. The second kappa shape index (κ2) is 24.7. The summed E-state index contributed by atoms with van der Waals surface area (Å²) < 4.78 is 90.5. The molecule has 0 fully saturated rings. The summed E-state index contributed by atoms with van der Waals surface area (Å²) in [6.45, 7) is 2.06. The van der Waals surface area contributed by atoms with Crippen LogP contribution in [0.1, 0.15) is 34.6 Å². The molecule has 0 unspecified atom stereocenters. The first-order valence-corrected chi connectivity index (χ1v) is 19.2. The van der Waals surface area contributed by atoms with Crippen LogP contribution in [0.5, 0.6) is 11.5 Å². The van der Waals surface area contributed by atoms with Gasteiger partial charge in [0.2, 0.25) is 0 Å². The van der Waals surface area contributed by atoms with Gasteiger partial charge < -0.3 is 39.7 Å². The number of rotatable bonds is 14. The van der Waals surface area contributed by atoms with Gasteiger partial charge in [-0.2, -0.15) is 8.67 Å². The van der Waals surface area contributed by atoms with E-state index in [2.05, 4.69) is 29.4 Å². The van der Waals surface area contributed by atoms with Crippen LogP contribution in [-0.4, -0.2) is 49.7 Å². The maximum atomic E-state index is 13.5. The summed E-state index contributed by atoms with van der Waals surface area (Å²) in [5.74, 6) is -4.09. The minimum absolute atomic E-state index is 0. The average molecular weight is 941 g/mol. The first-order valence-electron chi connectivity index (χ1n) is 14.9. The summed E-state index contributed by atoms with van der Waals surface area (Å²) in [7, 11) is -10.4. The van der Waals surface area contributed by atoms with Crippen molar-refractivity contribution >= 4 is 101 Å². The Morgan fingerprint density at radius 3 is 1.32 bits per heavy atom. The number of hydrogen-bond donors (Lipinski definition) is 2. The molecule has 5 aromatic carbocycles. The second-order valence-electron chi connectivity index (χ2n) is 11.0. The van der Waals surface area contributed by atoms with Crippen molar-refractivity contribution in [1.29, 1.82) is 0 Å². The zero-order valence-corrected chi connectivity index (χ0v) is 43.2. The molecule has 5 rings (SSSR count). The molecule has 2 N–H and O–H groups in total. The molecule has 0 radical (unpaired) electrons. The number of benzene rings is 5. The fourth-order valence-corrected chi connectivity index (χ4v) is 7.11. The smallest absolute Gasteiger partial charge is 0.744 e. The molecular formula is C32H20N2Na4O18S4. The minimum Gasteiger partial charge on any atom is -0.744 e. The molecule has 0 atom stereocenters. The first kappa shape index (κ1) is 56.8. The zero-order valence-electron chi connectivity index (χ0n) is 31.9. The van der Waals surface area contributed by atoms with Crippen molar-refractivity contribution in [2.45, 2.75) is 33.4 Å². The number of fused-ring (bicyclic) bond motifs is 2. The summed E-state index contributed by atoms with van der Waals surface area (Å²) in [6, 6.07) is 13.3. The summed E-state index contributed by atoms with van der Waals surface area (Å²) in [5, 5.41) is 32.5. The molecule has 20 nitrogen and oxygen atoms in total. The number of nitrogens with one attached hydrogen (secondary N) is 2. The van der Waals surface area contributed by atoms with E-state index in [0.29, 0.717) is 30.2 Å². The van der Waals surface area contributed by atoms with Crippen LogP contribution in [0.15, 0.2) is 92.4 Å². The quantitative estimate of drug-likeness (QED) is 0.0199. The summed E-state index contributed by atoms with van der Waals surface area (Å²) in [6.07, 6.45) is 0. The number of ether oxygens (including phenoxy) is 2. The third-order valence-corrected chi connectivity index (χ3v) is 9.96. The van der Waals surface area contributed by atoms with E-state index in [1.165, 1.54) is 48.5 Å². The van der Waals surface area contributed by atoms with E-state index in [0.717, 1.165) is 32.0 Å². The predicted octanol–water partition coefficient (Wildman–Crippen LogP) is -9.37. The Balaban J connectivity index is 0.00000450. The van der Waals surface area contributed by atoms with E-state index in [9.17, 15) is 55.6 Å². The van der Waals surface area contributed by atoms with E-state index in [1.807, 2.05) is 0 Å². The molecule has 28 heteroatoms. The van der Waals surface area contributed by atoms with E-state index in [4.69, 9.17) is 9.47 Å². The Bertz CT molecular complexity index is 2630. The topological polar surface area (TPSA) is 308 Å². The standard InChI is InChI=1S/C32H24N2O18S4.4Na/c1-15(35)47-27-12-22(54-52-50-40)8-19-7-21(53-51-49-39)11-25(29(19)27)33-31(37)17-3-5-18(6-4-17)32(38)34-26-13-23(55(41,42)43)9-20-10-24(56(44,45)46)14-28(30(20)26)48-16(2)36;;;;/h3-14,39-40H,1-2H3,(H,33,37)(H,34,38)(H,41,42,43)(H,44,45,46);;;;/q;4*+1/p-4. The Labute approximate surface area is 436 Å². The van der Waals surface area contributed by atoms with Crippen LogP contribution in [-0.2, 0) is 48.6 Å². The molecule has 0 aromatic heterocycles. The maximum Gasteiger partial charge on any atom is 1.00 e. The van der Waals surface area contributed by atoms with Gasteiger partial charge in [-0.1, -0.05) is 0 Å². The third-order valence-electron chi connectivity index (χ3n) is 7.23. The number of carbonyl (C=O) groups is 4. The first-order chi connectivity index (χ1) is 26.4. The van der Waals surface area contributed by atoms with Gasteiger partial charge in [0.1, 0.15) is 31.7 Å². The second-order valence-corrected chi connectivity index (χ2v) is 15.3. The van der Waals surface area contributed by atoms with Crippen molar-refractivity contribution in [3.05, 3.63) is 83.9 Å². The van der Waals surface area contributed by atoms with E-state index in [1.54, 1.807) is 0 Å². The van der Waals surface area contributed by atoms with Gasteiger partial charge in [-0.15, -0.1) is 0 Å². The largest absolute Gasteiger partial charge is 1.00 e. The van der Waals surface area contributed by atoms with Gasteiger partial charge in [-0.25, -0.2) is 16.8 Å². The van der Waals surface area contributed by atoms with E-state index in [-0.39, 0.29) is 172 Å². The summed E-state index contributed by atoms with van der Waals surface area (Å²) in [5.41, 5.74) is -0.578. The van der Waals surface area contributed by atoms with Crippen LogP contribution in [0.4, 0.5) is 11.4 Å². The van der Waals surface area contributed by atoms with Crippen molar-refractivity contribution in [2.24, 2.45) is 0 Å². The Morgan fingerprint density at radius 2 is 0.917 bits per heavy atom. The third kappa shape index (κ3) is 14.9. The Morgan fingerprint density at radius 1 is 0.550 bits per heavy atom. The monoisotopic (exact) mass is 940 g/mol. The number of hydrogen-bond acceptors (Lipinski definition) is 20.